The maximum atomic E-state index is 4.45. The van der Waals surface area contributed by atoms with Crippen molar-refractivity contribution in [1.82, 2.24) is 4.98 Å². The molecule has 0 saturated heterocycles. The Kier molecular flexibility index (Phi) is 2.49. The summed E-state index contributed by atoms with van der Waals surface area (Å²) in [5.74, 6) is 0.591. The average molecular weight is 185 g/mol. The van der Waals surface area contributed by atoms with Crippen molar-refractivity contribution in [2.24, 2.45) is 0 Å². The van der Waals surface area contributed by atoms with Crippen LogP contribution in [0.2, 0.25) is 0 Å². The van der Waals surface area contributed by atoms with Gasteiger partial charge in [0, 0.05) is 11.6 Å². The van der Waals surface area contributed by atoms with Crippen molar-refractivity contribution in [2.45, 2.75) is 26.2 Å². The van der Waals surface area contributed by atoms with E-state index in [0.29, 0.717) is 5.92 Å². The first kappa shape index (κ1) is 9.20. The lowest BCUT2D eigenvalue weighted by molar-refractivity contribution is 0.738. The van der Waals surface area contributed by atoms with Gasteiger partial charge in [-0.2, -0.15) is 0 Å². The lowest BCUT2D eigenvalue weighted by atomic mass is 9.96. The van der Waals surface area contributed by atoms with Crippen LogP contribution in [0.25, 0.3) is 10.9 Å². The van der Waals surface area contributed by atoms with Crippen LogP contribution in [0.15, 0.2) is 36.5 Å². The zero-order chi connectivity index (χ0) is 9.97. The monoisotopic (exact) mass is 185 g/mol. The summed E-state index contributed by atoms with van der Waals surface area (Å²) in [6.07, 6.45) is 3.03. The van der Waals surface area contributed by atoms with Gasteiger partial charge in [-0.25, -0.2) is 0 Å². The fourth-order valence-corrected chi connectivity index (χ4v) is 1.75. The molecule has 2 rings (SSSR count). The van der Waals surface area contributed by atoms with E-state index in [1.807, 2.05) is 12.3 Å². The number of benzene rings is 1. The molecule has 0 bridgehead atoms. The van der Waals surface area contributed by atoms with Gasteiger partial charge in [0.1, 0.15) is 0 Å². The molecule has 0 aliphatic heterocycles. The molecular weight excluding hydrogens is 170 g/mol. The van der Waals surface area contributed by atoms with Gasteiger partial charge >= 0.3 is 0 Å². The van der Waals surface area contributed by atoms with Crippen LogP contribution in [0.1, 0.15) is 31.7 Å². The molecule has 14 heavy (non-hydrogen) atoms. The van der Waals surface area contributed by atoms with Crippen LogP contribution in [0.5, 0.6) is 0 Å². The first-order chi connectivity index (χ1) is 6.83. The molecule has 72 valence electrons. The molecule has 0 aliphatic carbocycles. The van der Waals surface area contributed by atoms with Gasteiger partial charge in [-0.05, 0) is 24.0 Å². The number of pyridine rings is 1. The summed E-state index contributed by atoms with van der Waals surface area (Å²) in [7, 11) is 0. The predicted molar refractivity (Wildman–Crippen MR) is 60.4 cm³/mol. The normalized spacial score (nSPS) is 13.0. The van der Waals surface area contributed by atoms with E-state index in [2.05, 4.69) is 43.1 Å². The van der Waals surface area contributed by atoms with Crippen LogP contribution in [-0.4, -0.2) is 4.98 Å². The summed E-state index contributed by atoms with van der Waals surface area (Å²) >= 11 is 0. The van der Waals surface area contributed by atoms with Crippen LogP contribution in [-0.2, 0) is 0 Å². The molecule has 0 N–H and O–H groups in total. The molecule has 0 radical (unpaired) electrons. The highest BCUT2D eigenvalue weighted by molar-refractivity contribution is 5.81. The van der Waals surface area contributed by atoms with Crippen molar-refractivity contribution in [3.8, 4) is 0 Å². The van der Waals surface area contributed by atoms with Gasteiger partial charge in [0.15, 0.2) is 0 Å². The van der Waals surface area contributed by atoms with Crippen molar-refractivity contribution in [3.05, 3.63) is 42.1 Å². The van der Waals surface area contributed by atoms with Crippen LogP contribution < -0.4 is 0 Å². The first-order valence-corrected chi connectivity index (χ1v) is 5.16. The molecule has 1 nitrogen and oxygen atoms in total. The second-order valence-corrected chi connectivity index (χ2v) is 3.73. The number of nitrogens with zero attached hydrogens (tertiary/aromatic N) is 1. The Morgan fingerprint density at radius 2 is 2.00 bits per heavy atom. The van der Waals surface area contributed by atoms with E-state index < -0.39 is 0 Å². The predicted octanol–water partition coefficient (Wildman–Crippen LogP) is 3.75. The molecule has 0 saturated carbocycles. The third kappa shape index (κ3) is 1.50. The maximum absolute atomic E-state index is 4.45. The topological polar surface area (TPSA) is 12.9 Å². The van der Waals surface area contributed by atoms with Crippen LogP contribution in [0.4, 0.5) is 0 Å². The van der Waals surface area contributed by atoms with E-state index in [4.69, 9.17) is 0 Å². The van der Waals surface area contributed by atoms with Crippen molar-refractivity contribution in [2.75, 3.05) is 0 Å². The number of para-hydroxylation sites is 1. The number of rotatable bonds is 2. The van der Waals surface area contributed by atoms with Crippen molar-refractivity contribution in [1.29, 1.82) is 0 Å². The Morgan fingerprint density at radius 3 is 2.79 bits per heavy atom. The number of aromatic nitrogens is 1. The van der Waals surface area contributed by atoms with E-state index in [9.17, 15) is 0 Å². The van der Waals surface area contributed by atoms with E-state index in [1.165, 1.54) is 10.9 Å². The quantitative estimate of drug-likeness (QED) is 0.694. The number of hydrogen-bond donors (Lipinski definition) is 0. The smallest absolute Gasteiger partial charge is 0.0736 e. The fraction of sp³-hybridized carbons (Fsp3) is 0.308. The number of hydrogen-bond acceptors (Lipinski definition) is 1. The van der Waals surface area contributed by atoms with Gasteiger partial charge in [0.05, 0.1) is 5.52 Å². The minimum Gasteiger partial charge on any atom is -0.256 e. The van der Waals surface area contributed by atoms with Gasteiger partial charge in [-0.15, -0.1) is 0 Å². The Hall–Kier alpha value is -1.37. The summed E-state index contributed by atoms with van der Waals surface area (Å²) in [4.78, 5) is 4.45. The maximum Gasteiger partial charge on any atom is 0.0736 e. The molecule has 1 aromatic carbocycles. The molecule has 2 aromatic rings. The van der Waals surface area contributed by atoms with E-state index >= 15 is 0 Å². The Morgan fingerprint density at radius 1 is 1.21 bits per heavy atom. The summed E-state index contributed by atoms with van der Waals surface area (Å²) in [6.45, 7) is 4.47. The third-order valence-corrected chi connectivity index (χ3v) is 2.81. The third-order valence-electron chi connectivity index (χ3n) is 2.81. The second kappa shape index (κ2) is 3.79. The summed E-state index contributed by atoms with van der Waals surface area (Å²) in [6, 6.07) is 10.5. The number of fused-ring (bicyclic) bond motifs is 1. The van der Waals surface area contributed by atoms with Gasteiger partial charge in [0.2, 0.25) is 0 Å². The highest BCUT2D eigenvalue weighted by Crippen LogP contribution is 2.25. The van der Waals surface area contributed by atoms with Crippen molar-refractivity contribution in [3.63, 3.8) is 0 Å². The van der Waals surface area contributed by atoms with Gasteiger partial charge < -0.3 is 0 Å². The van der Waals surface area contributed by atoms with Gasteiger partial charge in [-0.1, -0.05) is 38.1 Å². The summed E-state index contributed by atoms with van der Waals surface area (Å²) < 4.78 is 0. The van der Waals surface area contributed by atoms with Gasteiger partial charge in [0.25, 0.3) is 0 Å². The zero-order valence-corrected chi connectivity index (χ0v) is 8.70. The van der Waals surface area contributed by atoms with E-state index in [1.54, 1.807) is 0 Å². The standard InChI is InChI=1S/C13H15N/c1-3-10(2)12-8-4-6-11-7-5-9-14-13(11)12/h4-10H,3H2,1-2H3. The minimum absolute atomic E-state index is 0.591. The zero-order valence-electron chi connectivity index (χ0n) is 8.70. The molecule has 1 atom stereocenters. The molecule has 1 aromatic heterocycles. The fourth-order valence-electron chi connectivity index (χ4n) is 1.75. The average Bonchev–Trinajstić information content (AvgIpc) is 2.27. The van der Waals surface area contributed by atoms with E-state index in [-0.39, 0.29) is 0 Å². The molecule has 0 aliphatic rings. The van der Waals surface area contributed by atoms with Crippen LogP contribution in [0, 0.1) is 0 Å². The molecule has 0 spiro atoms. The lowest BCUT2D eigenvalue weighted by Crippen LogP contribution is -1.93. The molecule has 1 heterocycles. The lowest BCUT2D eigenvalue weighted by Gasteiger charge is -2.11. The first-order valence-electron chi connectivity index (χ1n) is 5.16. The largest absolute Gasteiger partial charge is 0.256 e. The Bertz CT molecular complexity index is 429. The van der Waals surface area contributed by atoms with Crippen LogP contribution >= 0.6 is 0 Å². The molecule has 0 fully saturated rings. The highest BCUT2D eigenvalue weighted by Gasteiger charge is 2.07. The Labute approximate surface area is 84.8 Å². The van der Waals surface area contributed by atoms with Crippen molar-refractivity contribution < 1.29 is 0 Å². The van der Waals surface area contributed by atoms with Crippen LogP contribution in [0.3, 0.4) is 0 Å². The molecule has 1 unspecified atom stereocenters. The molecule has 0 amide bonds. The van der Waals surface area contributed by atoms with Crippen molar-refractivity contribution >= 4 is 10.9 Å². The SMILES string of the molecule is CCC(C)c1cccc2cccnc12. The summed E-state index contributed by atoms with van der Waals surface area (Å²) in [5, 5.41) is 1.24. The Balaban J connectivity index is 2.65. The van der Waals surface area contributed by atoms with E-state index in [0.717, 1.165) is 11.9 Å². The second-order valence-electron chi connectivity index (χ2n) is 3.73. The highest BCUT2D eigenvalue weighted by atomic mass is 14.6. The van der Waals surface area contributed by atoms with Gasteiger partial charge in [-0.3, -0.25) is 4.98 Å². The summed E-state index contributed by atoms with van der Waals surface area (Å²) in [5.41, 5.74) is 2.52. The molecule has 1 heteroatoms. The molecular formula is C13H15N. The minimum atomic E-state index is 0.591.